The Hall–Kier alpha value is -2.14. The summed E-state index contributed by atoms with van der Waals surface area (Å²) in [6.07, 6.45) is 3.80. The molecule has 1 aliphatic rings. The molecule has 23 heavy (non-hydrogen) atoms. The van der Waals surface area contributed by atoms with Gasteiger partial charge in [-0.3, -0.25) is 9.48 Å². The lowest BCUT2D eigenvalue weighted by atomic mass is 9.94. The summed E-state index contributed by atoms with van der Waals surface area (Å²) < 4.78 is 7.37. The van der Waals surface area contributed by atoms with Gasteiger partial charge in [-0.05, 0) is 19.8 Å². The van der Waals surface area contributed by atoms with Crippen molar-refractivity contribution in [3.8, 4) is 11.3 Å². The van der Waals surface area contributed by atoms with E-state index in [0.29, 0.717) is 6.54 Å². The summed E-state index contributed by atoms with van der Waals surface area (Å²) in [5, 5.41) is 7.58. The predicted octanol–water partition coefficient (Wildman–Crippen LogP) is 2.52. The van der Waals surface area contributed by atoms with Crippen LogP contribution in [0.2, 0.25) is 0 Å². The summed E-state index contributed by atoms with van der Waals surface area (Å²) in [7, 11) is 1.90. The Morgan fingerprint density at radius 1 is 1.39 bits per heavy atom. The molecule has 5 heteroatoms. The lowest BCUT2D eigenvalue weighted by molar-refractivity contribution is -0.133. The van der Waals surface area contributed by atoms with E-state index in [1.807, 2.05) is 50.5 Å². The van der Waals surface area contributed by atoms with Crippen LogP contribution in [0.1, 0.15) is 25.3 Å². The average molecular weight is 313 g/mol. The molecular formula is C18H23N3O2. The molecule has 1 N–H and O–H groups in total. The minimum absolute atomic E-state index is 0.00811. The van der Waals surface area contributed by atoms with Gasteiger partial charge in [0.05, 0.1) is 17.7 Å². The van der Waals surface area contributed by atoms with Crippen LogP contribution in [0, 0.1) is 5.92 Å². The molecule has 1 aliphatic heterocycles. The molecule has 0 radical (unpaired) electrons. The van der Waals surface area contributed by atoms with Crippen LogP contribution in [0.5, 0.6) is 0 Å². The number of amides is 1. The van der Waals surface area contributed by atoms with Crippen molar-refractivity contribution in [2.24, 2.45) is 13.0 Å². The van der Waals surface area contributed by atoms with Gasteiger partial charge in [-0.25, -0.2) is 0 Å². The van der Waals surface area contributed by atoms with Crippen LogP contribution in [0.15, 0.2) is 36.5 Å². The smallest absolute Gasteiger partial charge is 0.225 e. The quantitative estimate of drug-likeness (QED) is 0.943. The molecule has 2 atom stereocenters. The molecule has 1 amide bonds. The lowest BCUT2D eigenvalue weighted by Gasteiger charge is -2.28. The molecule has 5 nitrogen and oxygen atoms in total. The second-order valence-electron chi connectivity index (χ2n) is 6.09. The van der Waals surface area contributed by atoms with Gasteiger partial charge in [-0.1, -0.05) is 30.3 Å². The van der Waals surface area contributed by atoms with Crippen LogP contribution in [-0.4, -0.2) is 28.4 Å². The highest BCUT2D eigenvalue weighted by Gasteiger charge is 2.28. The Balaban J connectivity index is 1.70. The molecule has 1 aromatic heterocycles. The Labute approximate surface area is 136 Å². The maximum atomic E-state index is 12.4. The van der Waals surface area contributed by atoms with E-state index < -0.39 is 0 Å². The minimum Gasteiger partial charge on any atom is -0.378 e. The molecule has 0 saturated carbocycles. The van der Waals surface area contributed by atoms with Crippen LogP contribution in [0.4, 0.5) is 0 Å². The van der Waals surface area contributed by atoms with Crippen molar-refractivity contribution in [3.63, 3.8) is 0 Å². The van der Waals surface area contributed by atoms with Crippen LogP contribution in [0.3, 0.4) is 0 Å². The molecular weight excluding hydrogens is 290 g/mol. The Morgan fingerprint density at radius 3 is 2.91 bits per heavy atom. The monoisotopic (exact) mass is 313 g/mol. The summed E-state index contributed by atoms with van der Waals surface area (Å²) in [6, 6.07) is 10.0. The fraction of sp³-hybridized carbons (Fsp3) is 0.444. The zero-order valence-corrected chi connectivity index (χ0v) is 13.7. The lowest BCUT2D eigenvalue weighted by Crippen LogP contribution is -2.39. The summed E-state index contributed by atoms with van der Waals surface area (Å²) >= 11 is 0. The van der Waals surface area contributed by atoms with E-state index >= 15 is 0 Å². The normalized spacial score (nSPS) is 21.1. The third-order valence-electron chi connectivity index (χ3n) is 4.35. The zero-order chi connectivity index (χ0) is 16.2. The van der Waals surface area contributed by atoms with E-state index in [2.05, 4.69) is 10.4 Å². The molecule has 0 aliphatic carbocycles. The number of hydrogen-bond donors (Lipinski definition) is 1. The predicted molar refractivity (Wildman–Crippen MR) is 88.6 cm³/mol. The zero-order valence-electron chi connectivity index (χ0n) is 13.7. The number of carbonyl (C=O) groups excluding carboxylic acids is 1. The Bertz CT molecular complexity index is 666. The fourth-order valence-corrected chi connectivity index (χ4v) is 3.09. The number of rotatable bonds is 4. The van der Waals surface area contributed by atoms with Gasteiger partial charge in [0.2, 0.25) is 5.91 Å². The molecule has 0 spiro atoms. The van der Waals surface area contributed by atoms with Crippen molar-refractivity contribution >= 4 is 5.91 Å². The largest absolute Gasteiger partial charge is 0.378 e. The van der Waals surface area contributed by atoms with Crippen molar-refractivity contribution in [1.82, 2.24) is 15.1 Å². The summed E-state index contributed by atoms with van der Waals surface area (Å²) in [4.78, 5) is 12.4. The van der Waals surface area contributed by atoms with Gasteiger partial charge in [-0.2, -0.15) is 5.10 Å². The van der Waals surface area contributed by atoms with Gasteiger partial charge in [0.15, 0.2) is 0 Å². The standard InChI is InChI=1S/C18H23N3O2/c1-13-16(9-6-10-23-13)18(22)19-11-15-12-21(2)20-17(15)14-7-4-3-5-8-14/h3-5,7-8,12-13,16H,6,9-11H2,1-2H3,(H,19,22)/t13-,16-/m0/s1. The van der Waals surface area contributed by atoms with Gasteiger partial charge in [0, 0.05) is 37.5 Å². The first kappa shape index (κ1) is 15.7. The number of aryl methyl sites for hydroxylation is 1. The van der Waals surface area contributed by atoms with Crippen molar-refractivity contribution < 1.29 is 9.53 Å². The fourth-order valence-electron chi connectivity index (χ4n) is 3.09. The molecule has 0 bridgehead atoms. The second-order valence-corrected chi connectivity index (χ2v) is 6.09. The Kier molecular flexibility index (Phi) is 4.76. The third kappa shape index (κ3) is 3.62. The van der Waals surface area contributed by atoms with Crippen molar-refractivity contribution in [1.29, 1.82) is 0 Å². The highest BCUT2D eigenvalue weighted by atomic mass is 16.5. The number of aromatic nitrogens is 2. The Morgan fingerprint density at radius 2 is 2.17 bits per heavy atom. The molecule has 122 valence electrons. The van der Waals surface area contributed by atoms with Crippen LogP contribution in [0.25, 0.3) is 11.3 Å². The number of ether oxygens (including phenoxy) is 1. The molecule has 0 unspecified atom stereocenters. The van der Waals surface area contributed by atoms with E-state index in [1.165, 1.54) is 0 Å². The average Bonchev–Trinajstić information content (AvgIpc) is 2.95. The second kappa shape index (κ2) is 6.96. The third-order valence-corrected chi connectivity index (χ3v) is 4.35. The first-order valence-electron chi connectivity index (χ1n) is 8.12. The first-order valence-corrected chi connectivity index (χ1v) is 8.12. The summed E-state index contributed by atoms with van der Waals surface area (Å²) in [5.74, 6) is 0.0145. The number of hydrogen-bond acceptors (Lipinski definition) is 3. The topological polar surface area (TPSA) is 56.1 Å². The van der Waals surface area contributed by atoms with E-state index in [4.69, 9.17) is 4.74 Å². The minimum atomic E-state index is -0.0550. The molecule has 1 aromatic carbocycles. The van der Waals surface area contributed by atoms with Crippen molar-refractivity contribution in [2.45, 2.75) is 32.4 Å². The van der Waals surface area contributed by atoms with E-state index in [-0.39, 0.29) is 17.9 Å². The summed E-state index contributed by atoms with van der Waals surface area (Å²) in [6.45, 7) is 3.22. The summed E-state index contributed by atoms with van der Waals surface area (Å²) in [5.41, 5.74) is 3.00. The van der Waals surface area contributed by atoms with Gasteiger partial charge in [0.25, 0.3) is 0 Å². The van der Waals surface area contributed by atoms with Crippen LogP contribution < -0.4 is 5.32 Å². The van der Waals surface area contributed by atoms with E-state index in [1.54, 1.807) is 4.68 Å². The molecule has 1 fully saturated rings. The van der Waals surface area contributed by atoms with Gasteiger partial charge >= 0.3 is 0 Å². The highest BCUT2D eigenvalue weighted by molar-refractivity contribution is 5.79. The van der Waals surface area contributed by atoms with Crippen LogP contribution in [-0.2, 0) is 23.1 Å². The molecule has 2 aromatic rings. The number of nitrogens with zero attached hydrogens (tertiary/aromatic N) is 2. The van der Waals surface area contributed by atoms with Gasteiger partial charge in [-0.15, -0.1) is 0 Å². The van der Waals surface area contributed by atoms with E-state index in [9.17, 15) is 4.79 Å². The van der Waals surface area contributed by atoms with E-state index in [0.717, 1.165) is 36.3 Å². The van der Waals surface area contributed by atoms with Crippen molar-refractivity contribution in [2.75, 3.05) is 6.61 Å². The first-order chi connectivity index (χ1) is 11.1. The number of carbonyl (C=O) groups is 1. The van der Waals surface area contributed by atoms with Gasteiger partial charge in [0.1, 0.15) is 0 Å². The van der Waals surface area contributed by atoms with Crippen molar-refractivity contribution in [3.05, 3.63) is 42.1 Å². The number of benzene rings is 1. The van der Waals surface area contributed by atoms with Gasteiger partial charge < -0.3 is 10.1 Å². The molecule has 1 saturated heterocycles. The maximum Gasteiger partial charge on any atom is 0.225 e. The number of nitrogens with one attached hydrogen (secondary N) is 1. The SMILES string of the molecule is C[C@@H]1OCCC[C@@H]1C(=O)NCc1cn(C)nc1-c1ccccc1. The van der Waals surface area contributed by atoms with Crippen LogP contribution >= 0.6 is 0 Å². The highest BCUT2D eigenvalue weighted by Crippen LogP contribution is 2.23. The molecule has 2 heterocycles. The molecule has 3 rings (SSSR count). The maximum absolute atomic E-state index is 12.4.